The van der Waals surface area contributed by atoms with Crippen LogP contribution in [0.5, 0.6) is 0 Å². The minimum atomic E-state index is -4.55. The highest BCUT2D eigenvalue weighted by atomic mass is 19.4. The highest BCUT2D eigenvalue weighted by Gasteiger charge is 2.39. The number of fused-ring (bicyclic) bond motifs is 1. The van der Waals surface area contributed by atoms with E-state index in [0.29, 0.717) is 37.7 Å². The number of aromatic nitrogens is 2. The molecule has 0 saturated carbocycles. The van der Waals surface area contributed by atoms with Crippen LogP contribution in [0.2, 0.25) is 0 Å². The summed E-state index contributed by atoms with van der Waals surface area (Å²) >= 11 is 0. The third kappa shape index (κ3) is 6.66. The molecule has 0 spiro atoms. The lowest BCUT2D eigenvalue weighted by atomic mass is 9.85. The first-order valence-electron chi connectivity index (χ1n) is 13.8. The van der Waals surface area contributed by atoms with Crippen molar-refractivity contribution in [2.45, 2.75) is 57.5 Å². The number of hydrogen-bond acceptors (Lipinski definition) is 6. The van der Waals surface area contributed by atoms with Gasteiger partial charge in [-0.15, -0.1) is 0 Å². The molecular formula is C30H39F3N6O. The second-order valence-electron chi connectivity index (χ2n) is 10.9. The zero-order valence-electron chi connectivity index (χ0n) is 23.6. The minimum absolute atomic E-state index is 0.0377. The maximum atomic E-state index is 13.9. The summed E-state index contributed by atoms with van der Waals surface area (Å²) in [6.07, 6.45) is 1.83. The number of benzene rings is 1. The molecular weight excluding hydrogens is 517 g/mol. The number of halogens is 3. The van der Waals surface area contributed by atoms with Gasteiger partial charge < -0.3 is 20.2 Å². The molecule has 0 amide bonds. The fourth-order valence-corrected chi connectivity index (χ4v) is 5.22. The highest BCUT2D eigenvalue weighted by Crippen LogP contribution is 2.32. The van der Waals surface area contributed by atoms with E-state index in [1.807, 2.05) is 38.1 Å². The van der Waals surface area contributed by atoms with E-state index in [1.54, 1.807) is 4.90 Å². The van der Waals surface area contributed by atoms with Crippen molar-refractivity contribution < 1.29 is 18.3 Å². The summed E-state index contributed by atoms with van der Waals surface area (Å²) in [5, 5.41) is 13.2. The van der Waals surface area contributed by atoms with Crippen LogP contribution in [-0.2, 0) is 18.3 Å². The molecule has 2 N–H and O–H groups in total. The van der Waals surface area contributed by atoms with E-state index in [1.165, 1.54) is 13.5 Å². The summed E-state index contributed by atoms with van der Waals surface area (Å²) in [6.45, 7) is 9.92. The topological polar surface area (TPSA) is 76.9 Å². The Morgan fingerprint density at radius 2 is 1.73 bits per heavy atom. The molecule has 0 atom stereocenters. The second kappa shape index (κ2) is 12.4. The molecule has 10 heteroatoms. The Balaban J connectivity index is 1.67. The number of alkyl halides is 3. The van der Waals surface area contributed by atoms with Gasteiger partial charge in [-0.05, 0) is 49.5 Å². The number of aliphatic hydroxyl groups is 1. The molecule has 1 aromatic carbocycles. The standard InChI is InChI=1S/C30H39F3N6O/c1-5-9-24(30(31,32)33)27(34-4)38-18-14-23-25(15-19-38)36-28(39-16-7-6-8-17-39)37-26(23)35-22-12-10-21(11-13-22)29(2,3)20-40/h5,9-13,40H,1,6-8,14-20H2,2-4H3,(H,35,36,37)/b24-9+,34-27?. The van der Waals surface area contributed by atoms with Crippen molar-refractivity contribution in [3.05, 3.63) is 65.4 Å². The first-order valence-corrected chi connectivity index (χ1v) is 13.8. The number of anilines is 3. The van der Waals surface area contributed by atoms with Gasteiger partial charge in [0.1, 0.15) is 11.7 Å². The van der Waals surface area contributed by atoms with Gasteiger partial charge in [-0.2, -0.15) is 18.2 Å². The van der Waals surface area contributed by atoms with Crippen molar-refractivity contribution in [2.75, 3.05) is 50.1 Å². The molecule has 1 aromatic heterocycles. The van der Waals surface area contributed by atoms with Gasteiger partial charge in [0, 0.05) is 56.3 Å². The Kier molecular flexibility index (Phi) is 9.18. The lowest BCUT2D eigenvalue weighted by Crippen LogP contribution is -2.38. The molecule has 7 nitrogen and oxygen atoms in total. The smallest absolute Gasteiger partial charge is 0.395 e. The molecule has 1 saturated heterocycles. The van der Waals surface area contributed by atoms with Crippen LogP contribution in [0.25, 0.3) is 0 Å². The largest absolute Gasteiger partial charge is 0.419 e. The van der Waals surface area contributed by atoms with Crippen LogP contribution in [0.1, 0.15) is 49.9 Å². The monoisotopic (exact) mass is 556 g/mol. The lowest BCUT2D eigenvalue weighted by molar-refractivity contribution is -0.0869. The van der Waals surface area contributed by atoms with Gasteiger partial charge in [-0.3, -0.25) is 4.99 Å². The van der Waals surface area contributed by atoms with Gasteiger partial charge in [0.15, 0.2) is 0 Å². The molecule has 216 valence electrons. The molecule has 40 heavy (non-hydrogen) atoms. The van der Waals surface area contributed by atoms with Gasteiger partial charge in [-0.25, -0.2) is 4.98 Å². The van der Waals surface area contributed by atoms with Crippen molar-refractivity contribution in [2.24, 2.45) is 4.99 Å². The first-order chi connectivity index (χ1) is 19.1. The summed E-state index contributed by atoms with van der Waals surface area (Å²) in [5.74, 6) is 1.23. The quantitative estimate of drug-likeness (QED) is 0.263. The van der Waals surface area contributed by atoms with Crippen molar-refractivity contribution in [3.63, 3.8) is 0 Å². The lowest BCUT2D eigenvalue weighted by Gasteiger charge is -2.28. The van der Waals surface area contributed by atoms with E-state index in [9.17, 15) is 18.3 Å². The number of nitrogens with one attached hydrogen (secondary N) is 1. The summed E-state index contributed by atoms with van der Waals surface area (Å²) in [6, 6.07) is 7.89. The van der Waals surface area contributed by atoms with Crippen LogP contribution >= 0.6 is 0 Å². The Morgan fingerprint density at radius 1 is 1.05 bits per heavy atom. The van der Waals surface area contributed by atoms with Gasteiger partial charge in [0.25, 0.3) is 0 Å². The number of amidine groups is 1. The molecule has 0 radical (unpaired) electrons. The molecule has 0 unspecified atom stereocenters. The average Bonchev–Trinajstić information content (AvgIpc) is 3.16. The molecule has 2 aromatic rings. The third-order valence-electron chi connectivity index (χ3n) is 7.64. The van der Waals surface area contributed by atoms with E-state index < -0.39 is 11.7 Å². The van der Waals surface area contributed by atoms with Gasteiger partial charge in [0.05, 0.1) is 17.9 Å². The third-order valence-corrected chi connectivity index (χ3v) is 7.64. The number of rotatable bonds is 7. The predicted octanol–water partition coefficient (Wildman–Crippen LogP) is 5.58. The zero-order chi connectivity index (χ0) is 28.9. The maximum absolute atomic E-state index is 13.9. The SMILES string of the molecule is C=C/C=C(\C(=NC)N1CCc2nc(N3CCCCC3)nc(Nc3ccc(C(C)(C)CO)cc3)c2CC1)C(F)(F)F. The van der Waals surface area contributed by atoms with Crippen molar-refractivity contribution in [3.8, 4) is 0 Å². The number of aliphatic hydroxyl groups excluding tert-OH is 1. The number of aliphatic imine (C=N–C) groups is 1. The van der Waals surface area contributed by atoms with Crippen LogP contribution in [0, 0.1) is 0 Å². The van der Waals surface area contributed by atoms with Crippen LogP contribution in [0.15, 0.2) is 53.6 Å². The molecule has 0 bridgehead atoms. The highest BCUT2D eigenvalue weighted by molar-refractivity contribution is 5.99. The van der Waals surface area contributed by atoms with Crippen LogP contribution in [0.4, 0.5) is 30.6 Å². The fourth-order valence-electron chi connectivity index (χ4n) is 5.22. The molecule has 4 rings (SSSR count). The van der Waals surface area contributed by atoms with E-state index in [0.717, 1.165) is 60.6 Å². The first kappa shape index (κ1) is 29.6. The van der Waals surface area contributed by atoms with Crippen molar-refractivity contribution in [1.82, 2.24) is 14.9 Å². The second-order valence-corrected chi connectivity index (χ2v) is 10.9. The zero-order valence-corrected chi connectivity index (χ0v) is 23.6. The van der Waals surface area contributed by atoms with Crippen LogP contribution in [-0.4, -0.2) is 71.8 Å². The van der Waals surface area contributed by atoms with Crippen LogP contribution < -0.4 is 10.2 Å². The molecule has 2 aliphatic rings. The van der Waals surface area contributed by atoms with Crippen molar-refractivity contribution >= 4 is 23.3 Å². The predicted molar refractivity (Wildman–Crippen MR) is 155 cm³/mol. The normalized spacial score (nSPS) is 17.4. The summed E-state index contributed by atoms with van der Waals surface area (Å²) in [4.78, 5) is 17.8. The molecule has 0 aliphatic carbocycles. The molecule has 3 heterocycles. The maximum Gasteiger partial charge on any atom is 0.419 e. The van der Waals surface area contributed by atoms with Gasteiger partial charge >= 0.3 is 6.18 Å². The Morgan fingerprint density at radius 3 is 2.33 bits per heavy atom. The van der Waals surface area contributed by atoms with Crippen LogP contribution in [0.3, 0.4) is 0 Å². The Bertz CT molecular complexity index is 1250. The Hall–Kier alpha value is -3.40. The fraction of sp³-hybridized carbons (Fsp3) is 0.500. The number of nitrogens with zero attached hydrogens (tertiary/aromatic N) is 5. The van der Waals surface area contributed by atoms with E-state index in [2.05, 4.69) is 21.8 Å². The Labute approximate surface area is 234 Å². The average molecular weight is 557 g/mol. The molecule has 1 fully saturated rings. The summed E-state index contributed by atoms with van der Waals surface area (Å²) < 4.78 is 41.6. The summed E-state index contributed by atoms with van der Waals surface area (Å²) in [7, 11) is 1.39. The summed E-state index contributed by atoms with van der Waals surface area (Å²) in [5.41, 5.74) is 2.44. The van der Waals surface area contributed by atoms with Crippen molar-refractivity contribution in [1.29, 1.82) is 0 Å². The number of hydrogen-bond donors (Lipinski definition) is 2. The van der Waals surface area contributed by atoms with E-state index in [-0.39, 0.29) is 17.9 Å². The number of piperidine rings is 1. The van der Waals surface area contributed by atoms with Gasteiger partial charge in [0.2, 0.25) is 5.95 Å². The molecule has 2 aliphatic heterocycles. The van der Waals surface area contributed by atoms with Gasteiger partial charge in [-0.1, -0.05) is 38.6 Å². The van der Waals surface area contributed by atoms with E-state index in [4.69, 9.17) is 9.97 Å². The minimum Gasteiger partial charge on any atom is -0.395 e. The number of allylic oxidation sites excluding steroid dienone is 2. The van der Waals surface area contributed by atoms with E-state index >= 15 is 0 Å².